The quantitative estimate of drug-likeness (QED) is 0.779. The van der Waals surface area contributed by atoms with Crippen molar-refractivity contribution in [2.45, 2.75) is 70.4 Å². The minimum Gasteiger partial charge on any atom is -0.478 e. The molecular weight excluding hydrogens is 320 g/mol. The monoisotopic (exact) mass is 350 g/mol. The zero-order valence-electron chi connectivity index (χ0n) is 15.3. The molecule has 2 atom stereocenters. The van der Waals surface area contributed by atoms with E-state index in [1.165, 1.54) is 11.6 Å². The molecule has 0 spiro atoms. The summed E-state index contributed by atoms with van der Waals surface area (Å²) in [5, 5.41) is 9.11. The van der Waals surface area contributed by atoms with Gasteiger partial charge in [0.15, 0.2) is 7.83 Å². The third-order valence-corrected chi connectivity index (χ3v) is 23.6. The van der Waals surface area contributed by atoms with Gasteiger partial charge >= 0.3 is 5.97 Å². The molecule has 1 N–H and O–H groups in total. The van der Waals surface area contributed by atoms with E-state index in [4.69, 9.17) is 9.53 Å². The van der Waals surface area contributed by atoms with Gasteiger partial charge in [0.2, 0.25) is 0 Å². The number of aromatic carboxylic acids is 1. The van der Waals surface area contributed by atoms with Crippen LogP contribution in [0.4, 0.5) is 0 Å². The van der Waals surface area contributed by atoms with Gasteiger partial charge < -0.3 is 9.53 Å². The van der Waals surface area contributed by atoms with Crippen LogP contribution in [0.1, 0.15) is 55.1 Å². The van der Waals surface area contributed by atoms with Crippen LogP contribution in [-0.4, -0.2) is 32.1 Å². The number of hydrogen-bond acceptors (Lipinski definition) is 2. The first-order valence-electron chi connectivity index (χ1n) is 8.56. The normalized spacial score (nSPS) is 27.4. The predicted octanol–water partition coefficient (Wildman–Crippen LogP) is 4.98. The average Bonchev–Trinajstić information content (AvgIpc) is 2.44. The Morgan fingerprint density at radius 3 is 2.26 bits per heavy atom. The maximum atomic E-state index is 11.1. The summed E-state index contributed by atoms with van der Waals surface area (Å²) in [6, 6.07) is 8.86. The van der Waals surface area contributed by atoms with Crippen LogP contribution in [0, 0.1) is 0 Å². The number of carbonyl (C=O) groups is 1. The molecule has 23 heavy (non-hydrogen) atoms. The van der Waals surface area contributed by atoms with Crippen molar-refractivity contribution in [2.24, 2.45) is 0 Å². The lowest BCUT2D eigenvalue weighted by Crippen LogP contribution is -2.68. The Morgan fingerprint density at radius 1 is 1.26 bits per heavy atom. The van der Waals surface area contributed by atoms with Crippen LogP contribution in [0.5, 0.6) is 0 Å². The second kappa shape index (κ2) is 6.18. The largest absolute Gasteiger partial charge is 0.478 e. The van der Waals surface area contributed by atoms with Crippen molar-refractivity contribution in [3.63, 3.8) is 0 Å². The van der Waals surface area contributed by atoms with E-state index in [9.17, 15) is 4.79 Å². The average molecular weight is 351 g/mol. The molecule has 1 aromatic rings. The summed E-state index contributed by atoms with van der Waals surface area (Å²) in [7, 11) is -3.36. The van der Waals surface area contributed by atoms with Gasteiger partial charge in [-0.2, -0.15) is 0 Å². The van der Waals surface area contributed by atoms with Gasteiger partial charge in [-0.05, 0) is 56.6 Å². The van der Waals surface area contributed by atoms with Crippen LogP contribution >= 0.6 is 0 Å². The van der Waals surface area contributed by atoms with Crippen molar-refractivity contribution in [1.29, 1.82) is 0 Å². The molecule has 1 heterocycles. The van der Waals surface area contributed by atoms with E-state index < -0.39 is 21.4 Å². The van der Waals surface area contributed by atoms with Crippen LogP contribution in [0.2, 0.25) is 25.7 Å². The van der Waals surface area contributed by atoms with Gasteiger partial charge in [-0.3, -0.25) is 0 Å². The number of carboxylic acids is 1. The van der Waals surface area contributed by atoms with E-state index in [2.05, 4.69) is 40.4 Å². The second-order valence-corrected chi connectivity index (χ2v) is 22.5. The van der Waals surface area contributed by atoms with Gasteiger partial charge in [-0.15, -0.1) is 0 Å². The van der Waals surface area contributed by atoms with Gasteiger partial charge in [0, 0.05) is 0 Å². The van der Waals surface area contributed by atoms with Gasteiger partial charge in [0.1, 0.15) is 0 Å². The summed E-state index contributed by atoms with van der Waals surface area (Å²) in [6.07, 6.45) is 2.24. The summed E-state index contributed by atoms with van der Waals surface area (Å²) >= 11 is 0. The first-order chi connectivity index (χ1) is 10.5. The zero-order chi connectivity index (χ0) is 17.5. The summed E-state index contributed by atoms with van der Waals surface area (Å²) in [6.45, 7) is 14.0. The highest BCUT2D eigenvalue weighted by molar-refractivity contribution is 7.39. The molecule has 2 unspecified atom stereocenters. The third-order valence-electron chi connectivity index (χ3n) is 5.89. The van der Waals surface area contributed by atoms with E-state index >= 15 is 0 Å². The van der Waals surface area contributed by atoms with E-state index in [0.29, 0.717) is 11.1 Å². The van der Waals surface area contributed by atoms with E-state index in [1.54, 1.807) is 12.1 Å². The Labute approximate surface area is 142 Å². The van der Waals surface area contributed by atoms with Gasteiger partial charge in [0.05, 0.1) is 18.8 Å². The van der Waals surface area contributed by atoms with Gasteiger partial charge in [0.25, 0.3) is 0 Å². The number of benzene rings is 1. The highest BCUT2D eigenvalue weighted by Gasteiger charge is 2.56. The molecular formula is C18H30O3Si2. The first-order valence-corrected chi connectivity index (χ1v) is 15.2. The molecule has 0 aromatic heterocycles. The molecule has 1 fully saturated rings. The molecule has 128 valence electrons. The van der Waals surface area contributed by atoms with Crippen LogP contribution in [0.15, 0.2) is 24.3 Å². The molecule has 0 bridgehead atoms. The maximum Gasteiger partial charge on any atom is 0.335 e. The molecule has 1 saturated heterocycles. The van der Waals surface area contributed by atoms with Crippen molar-refractivity contribution in [2.75, 3.05) is 0 Å². The Balaban J connectivity index is 2.37. The molecule has 1 aliphatic heterocycles. The fourth-order valence-corrected chi connectivity index (χ4v) is 18.0. The molecule has 0 radical (unpaired) electrons. The van der Waals surface area contributed by atoms with Crippen molar-refractivity contribution < 1.29 is 14.3 Å². The molecule has 3 nitrogen and oxygen atoms in total. The molecule has 2 rings (SSSR count). The van der Waals surface area contributed by atoms with E-state index in [1.807, 2.05) is 12.1 Å². The summed E-state index contributed by atoms with van der Waals surface area (Å²) < 4.78 is 6.65. The van der Waals surface area contributed by atoms with Crippen LogP contribution < -0.4 is 0 Å². The van der Waals surface area contributed by atoms with E-state index in [0.717, 1.165) is 12.8 Å². The molecule has 0 aliphatic carbocycles. The van der Waals surface area contributed by atoms with Crippen LogP contribution in [0.25, 0.3) is 0 Å². The highest BCUT2D eigenvalue weighted by atomic mass is 29.3. The molecule has 0 saturated carbocycles. The minimum atomic E-state index is -1.76. The SMILES string of the molecule is CCC(c1ccc(C(=O)O)cc1)[Si]1(C)CCC(C)(C)O[Si]1(C)C. The standard InChI is InChI=1S/C18H30O3Si2/c1-7-16(14-8-10-15(11-9-14)17(19)20)23(6)13-12-18(2,3)21-22(23,4)5/h8-11,16H,7,12-13H2,1-6H3,(H,19,20). The lowest BCUT2D eigenvalue weighted by atomic mass is 10.1. The zero-order valence-corrected chi connectivity index (χ0v) is 17.3. The minimum absolute atomic E-state index is 0.00763. The van der Waals surface area contributed by atoms with Gasteiger partial charge in [-0.25, -0.2) is 4.79 Å². The number of carboxylic acid groups (broad SMARTS) is 1. The maximum absolute atomic E-state index is 11.1. The van der Waals surface area contributed by atoms with Crippen molar-refractivity contribution in [1.82, 2.24) is 0 Å². The fraction of sp³-hybridized carbons (Fsp3) is 0.611. The summed E-state index contributed by atoms with van der Waals surface area (Å²) in [4.78, 5) is 11.1. The summed E-state index contributed by atoms with van der Waals surface area (Å²) in [5.74, 6) is -0.856. The van der Waals surface area contributed by atoms with E-state index in [-0.39, 0.29) is 5.60 Å². The Kier molecular flexibility index (Phi) is 4.95. The fourth-order valence-electron chi connectivity index (χ4n) is 4.23. The number of rotatable bonds is 4. The third kappa shape index (κ3) is 3.46. The Hall–Kier alpha value is -0.916. The van der Waals surface area contributed by atoms with Crippen molar-refractivity contribution in [3.8, 4) is 0 Å². The van der Waals surface area contributed by atoms with Crippen LogP contribution in [-0.2, 0) is 4.43 Å². The Bertz CT molecular complexity index is 580. The molecule has 1 aromatic carbocycles. The lowest BCUT2D eigenvalue weighted by Gasteiger charge is -2.54. The smallest absolute Gasteiger partial charge is 0.335 e. The number of hydrogen-bond donors (Lipinski definition) is 1. The second-order valence-electron chi connectivity index (χ2n) is 8.18. The molecule has 1 aliphatic rings. The van der Waals surface area contributed by atoms with Crippen molar-refractivity contribution >= 4 is 21.4 Å². The molecule has 5 heteroatoms. The summed E-state index contributed by atoms with van der Waals surface area (Å²) in [5.41, 5.74) is 2.22. The Morgan fingerprint density at radius 2 is 1.83 bits per heavy atom. The van der Waals surface area contributed by atoms with Gasteiger partial charge in [-0.1, -0.05) is 38.1 Å². The topological polar surface area (TPSA) is 46.5 Å². The molecule has 0 amide bonds. The first kappa shape index (κ1) is 18.4. The van der Waals surface area contributed by atoms with Crippen molar-refractivity contribution in [3.05, 3.63) is 35.4 Å². The van der Waals surface area contributed by atoms with Crippen LogP contribution in [0.3, 0.4) is 0 Å². The lowest BCUT2D eigenvalue weighted by molar-refractivity contribution is 0.0696. The highest BCUT2D eigenvalue weighted by Crippen LogP contribution is 2.46. The predicted molar refractivity (Wildman–Crippen MR) is 100 cm³/mol.